The summed E-state index contributed by atoms with van der Waals surface area (Å²) in [5.41, 5.74) is 9.17. The quantitative estimate of drug-likeness (QED) is 0.943. The van der Waals surface area contributed by atoms with E-state index >= 15 is 0 Å². The Hall–Kier alpha value is -2.62. The van der Waals surface area contributed by atoms with Crippen LogP contribution in [-0.2, 0) is 4.79 Å². The minimum atomic E-state index is -0.503. The number of benzene rings is 2. The van der Waals surface area contributed by atoms with E-state index in [2.05, 4.69) is 6.07 Å². The number of nitrogens with two attached hydrogens (primary N) is 1. The third-order valence-electron chi connectivity index (χ3n) is 4.58. The molecule has 1 heterocycles. The number of aryl methyl sites for hydroxylation is 1. The van der Waals surface area contributed by atoms with Crippen molar-refractivity contribution >= 4 is 11.8 Å². The Bertz CT molecular complexity index is 770. The Labute approximate surface area is 142 Å². The van der Waals surface area contributed by atoms with E-state index in [1.54, 1.807) is 4.90 Å². The highest BCUT2D eigenvalue weighted by molar-refractivity contribution is 6.02. The van der Waals surface area contributed by atoms with Crippen molar-refractivity contribution in [3.63, 3.8) is 0 Å². The number of amides is 2. The number of carbonyl (C=O) groups excluding carboxylic acids is 2. The molecule has 0 aromatic heterocycles. The maximum Gasteiger partial charge on any atom is 0.255 e. The normalized spacial score (nSPS) is 17.5. The van der Waals surface area contributed by atoms with Crippen molar-refractivity contribution < 1.29 is 9.59 Å². The predicted molar refractivity (Wildman–Crippen MR) is 94.5 cm³/mol. The van der Waals surface area contributed by atoms with Crippen LogP contribution in [0.15, 0.2) is 48.5 Å². The van der Waals surface area contributed by atoms with Crippen molar-refractivity contribution in [2.75, 3.05) is 6.54 Å². The molecule has 124 valence electrons. The van der Waals surface area contributed by atoms with Crippen molar-refractivity contribution in [2.24, 2.45) is 5.73 Å². The standard InChI is InChI=1S/C20H22N2O2/c1-14-7-6-8-15(13-14)16-9-2-3-10-17(16)20(24)22-12-5-4-11-18(22)19(21)23/h2-3,6-10,13,18H,4-5,11-12H2,1H3,(H2,21,23). The first-order valence-electron chi connectivity index (χ1n) is 8.34. The number of carbonyl (C=O) groups is 2. The molecule has 0 bridgehead atoms. The van der Waals surface area contributed by atoms with Gasteiger partial charge < -0.3 is 10.6 Å². The molecule has 0 aliphatic carbocycles. The third-order valence-corrected chi connectivity index (χ3v) is 4.58. The number of likely N-dealkylation sites (tertiary alicyclic amines) is 1. The summed E-state index contributed by atoms with van der Waals surface area (Å²) in [6, 6.07) is 15.1. The van der Waals surface area contributed by atoms with Crippen LogP contribution in [0.4, 0.5) is 0 Å². The lowest BCUT2D eigenvalue weighted by atomic mass is 9.95. The molecule has 1 aliphatic heterocycles. The summed E-state index contributed by atoms with van der Waals surface area (Å²) in [5, 5.41) is 0. The first-order valence-corrected chi connectivity index (χ1v) is 8.34. The third kappa shape index (κ3) is 3.18. The van der Waals surface area contributed by atoms with Gasteiger partial charge in [0.25, 0.3) is 5.91 Å². The maximum absolute atomic E-state index is 13.1. The van der Waals surface area contributed by atoms with Crippen molar-refractivity contribution in [3.05, 3.63) is 59.7 Å². The zero-order valence-corrected chi connectivity index (χ0v) is 13.9. The lowest BCUT2D eigenvalue weighted by Gasteiger charge is -2.34. The van der Waals surface area contributed by atoms with E-state index in [1.807, 2.05) is 49.4 Å². The monoisotopic (exact) mass is 322 g/mol. The summed E-state index contributed by atoms with van der Waals surface area (Å²) in [6.45, 7) is 2.61. The van der Waals surface area contributed by atoms with Crippen LogP contribution >= 0.6 is 0 Å². The highest BCUT2D eigenvalue weighted by atomic mass is 16.2. The van der Waals surface area contributed by atoms with Gasteiger partial charge in [-0.05, 0) is 43.4 Å². The molecule has 3 rings (SSSR count). The predicted octanol–water partition coefficient (Wildman–Crippen LogP) is 3.14. The smallest absolute Gasteiger partial charge is 0.255 e. The lowest BCUT2D eigenvalue weighted by Crippen LogP contribution is -2.50. The largest absolute Gasteiger partial charge is 0.368 e. The highest BCUT2D eigenvalue weighted by Gasteiger charge is 2.32. The summed E-state index contributed by atoms with van der Waals surface area (Å²) in [6.07, 6.45) is 2.48. The average Bonchev–Trinajstić information content (AvgIpc) is 2.61. The first-order chi connectivity index (χ1) is 11.6. The fourth-order valence-corrected chi connectivity index (χ4v) is 3.36. The Kier molecular flexibility index (Phi) is 4.65. The minimum absolute atomic E-state index is 0.115. The van der Waals surface area contributed by atoms with E-state index in [-0.39, 0.29) is 5.91 Å². The molecule has 2 amide bonds. The molecule has 0 saturated carbocycles. The van der Waals surface area contributed by atoms with Gasteiger partial charge in [0.05, 0.1) is 0 Å². The van der Waals surface area contributed by atoms with Gasteiger partial charge in [0.15, 0.2) is 0 Å². The molecular formula is C20H22N2O2. The molecule has 1 saturated heterocycles. The SMILES string of the molecule is Cc1cccc(-c2ccccc2C(=O)N2CCCCC2C(N)=O)c1. The second-order valence-electron chi connectivity index (χ2n) is 6.33. The Balaban J connectivity index is 2.00. The van der Waals surface area contributed by atoms with Crippen molar-refractivity contribution in [2.45, 2.75) is 32.2 Å². The summed E-state index contributed by atoms with van der Waals surface area (Å²) >= 11 is 0. The molecule has 0 radical (unpaired) electrons. The molecule has 4 nitrogen and oxygen atoms in total. The minimum Gasteiger partial charge on any atom is -0.368 e. The van der Waals surface area contributed by atoms with E-state index in [0.717, 1.165) is 29.5 Å². The van der Waals surface area contributed by atoms with Crippen LogP contribution in [0.25, 0.3) is 11.1 Å². The van der Waals surface area contributed by atoms with E-state index < -0.39 is 11.9 Å². The topological polar surface area (TPSA) is 63.4 Å². The molecule has 1 atom stereocenters. The summed E-state index contributed by atoms with van der Waals surface area (Å²) < 4.78 is 0. The Morgan fingerprint density at radius 2 is 1.88 bits per heavy atom. The molecular weight excluding hydrogens is 300 g/mol. The molecule has 2 aromatic carbocycles. The van der Waals surface area contributed by atoms with Gasteiger partial charge in [-0.1, -0.05) is 48.0 Å². The fourth-order valence-electron chi connectivity index (χ4n) is 3.36. The number of rotatable bonds is 3. The van der Waals surface area contributed by atoms with E-state index in [0.29, 0.717) is 18.5 Å². The number of hydrogen-bond acceptors (Lipinski definition) is 2. The van der Waals surface area contributed by atoms with Crippen LogP contribution in [-0.4, -0.2) is 29.3 Å². The van der Waals surface area contributed by atoms with Gasteiger partial charge >= 0.3 is 0 Å². The van der Waals surface area contributed by atoms with Gasteiger partial charge in [0.2, 0.25) is 5.91 Å². The molecule has 2 N–H and O–H groups in total. The highest BCUT2D eigenvalue weighted by Crippen LogP contribution is 2.27. The summed E-state index contributed by atoms with van der Waals surface area (Å²) in [5.74, 6) is -0.535. The molecule has 0 spiro atoms. The van der Waals surface area contributed by atoms with Gasteiger partial charge in [-0.15, -0.1) is 0 Å². The maximum atomic E-state index is 13.1. The van der Waals surface area contributed by atoms with Gasteiger partial charge in [0.1, 0.15) is 6.04 Å². The van der Waals surface area contributed by atoms with Crippen LogP contribution in [0.2, 0.25) is 0 Å². The zero-order chi connectivity index (χ0) is 17.1. The van der Waals surface area contributed by atoms with Gasteiger partial charge in [-0.3, -0.25) is 9.59 Å². The van der Waals surface area contributed by atoms with E-state index in [9.17, 15) is 9.59 Å². The molecule has 4 heteroatoms. The Morgan fingerprint density at radius 3 is 2.62 bits per heavy atom. The molecule has 1 unspecified atom stereocenters. The number of piperidine rings is 1. The molecule has 1 aliphatic rings. The molecule has 24 heavy (non-hydrogen) atoms. The van der Waals surface area contributed by atoms with Crippen LogP contribution in [0.5, 0.6) is 0 Å². The van der Waals surface area contributed by atoms with Crippen LogP contribution in [0.3, 0.4) is 0 Å². The first kappa shape index (κ1) is 16.2. The number of hydrogen-bond donors (Lipinski definition) is 1. The van der Waals surface area contributed by atoms with Crippen LogP contribution in [0.1, 0.15) is 35.2 Å². The van der Waals surface area contributed by atoms with Gasteiger partial charge in [0, 0.05) is 12.1 Å². The average molecular weight is 322 g/mol. The number of nitrogens with zero attached hydrogens (tertiary/aromatic N) is 1. The van der Waals surface area contributed by atoms with Crippen LogP contribution in [0, 0.1) is 6.92 Å². The van der Waals surface area contributed by atoms with Crippen LogP contribution < -0.4 is 5.73 Å². The summed E-state index contributed by atoms with van der Waals surface area (Å²) in [7, 11) is 0. The Morgan fingerprint density at radius 1 is 1.08 bits per heavy atom. The molecule has 2 aromatic rings. The van der Waals surface area contributed by atoms with Gasteiger partial charge in [-0.2, -0.15) is 0 Å². The van der Waals surface area contributed by atoms with Gasteiger partial charge in [-0.25, -0.2) is 0 Å². The zero-order valence-electron chi connectivity index (χ0n) is 13.9. The van der Waals surface area contributed by atoms with Crippen molar-refractivity contribution in [1.29, 1.82) is 0 Å². The number of primary amides is 1. The fraction of sp³-hybridized carbons (Fsp3) is 0.300. The van der Waals surface area contributed by atoms with Crippen molar-refractivity contribution in [3.8, 4) is 11.1 Å². The molecule has 1 fully saturated rings. The second kappa shape index (κ2) is 6.87. The second-order valence-corrected chi connectivity index (χ2v) is 6.33. The summed E-state index contributed by atoms with van der Waals surface area (Å²) in [4.78, 5) is 26.5. The van der Waals surface area contributed by atoms with E-state index in [1.165, 1.54) is 0 Å². The lowest BCUT2D eigenvalue weighted by molar-refractivity contribution is -0.123. The van der Waals surface area contributed by atoms with E-state index in [4.69, 9.17) is 5.73 Å². The van der Waals surface area contributed by atoms with Crippen molar-refractivity contribution in [1.82, 2.24) is 4.90 Å².